The summed E-state index contributed by atoms with van der Waals surface area (Å²) in [5, 5.41) is 12.2. The summed E-state index contributed by atoms with van der Waals surface area (Å²) >= 11 is 0. The molecule has 0 bridgehead atoms. The quantitative estimate of drug-likeness (QED) is 0.0340. The van der Waals surface area contributed by atoms with Gasteiger partial charge in [0.2, 0.25) is 5.91 Å². The maximum Gasteiger partial charge on any atom is 0.259 e. The zero-order chi connectivity index (χ0) is 47.1. The standard InChI is InChI=1S/C48H64N7O8PSi/c1-32(2)55(33(3)4)64(60-28-16-27-49)62-42-40(61-46(43(42)63-65(11,12)47(6,7)8)54-31-52-41-44(53-34(5)56)50-30-51-45(41)54)29-59-48(35-17-14-13-15-18-35,36-19-23-38(57-9)24-20-36)37-21-25-39(58-10)26-22-37/h13-15,17-26,30-33,40,42-43,46H,16,28-29H2,1-12H3,(H,50,51,53,56)/t40-,42-,43-,46-,64?/m1/s1/i31+1. The highest BCUT2D eigenvalue weighted by Gasteiger charge is 2.54. The van der Waals surface area contributed by atoms with E-state index in [4.69, 9.17) is 37.4 Å². The van der Waals surface area contributed by atoms with Gasteiger partial charge >= 0.3 is 0 Å². The Labute approximate surface area is 385 Å². The predicted octanol–water partition coefficient (Wildman–Crippen LogP) is 9.76. The van der Waals surface area contributed by atoms with Crippen molar-refractivity contribution in [3.63, 3.8) is 0 Å². The van der Waals surface area contributed by atoms with E-state index in [-0.39, 0.29) is 48.5 Å². The third-order valence-electron chi connectivity index (χ3n) is 12.0. The molecule has 3 heterocycles. The molecule has 2 aromatic heterocycles. The molecule has 1 amide bonds. The largest absolute Gasteiger partial charge is 0.497 e. The first kappa shape index (κ1) is 49.6. The van der Waals surface area contributed by atoms with E-state index in [1.54, 1.807) is 20.5 Å². The molecule has 1 N–H and O–H groups in total. The normalized spacial score (nSPS) is 18.6. The van der Waals surface area contributed by atoms with Gasteiger partial charge in [-0.05, 0) is 86.8 Å². The van der Waals surface area contributed by atoms with Gasteiger partial charge in [-0.15, -0.1) is 0 Å². The summed E-state index contributed by atoms with van der Waals surface area (Å²) in [4.78, 5) is 26.0. The van der Waals surface area contributed by atoms with Crippen LogP contribution in [0.4, 0.5) is 5.82 Å². The van der Waals surface area contributed by atoms with Crippen LogP contribution in [0.1, 0.15) is 84.7 Å². The Morgan fingerprint density at radius 2 is 1.48 bits per heavy atom. The van der Waals surface area contributed by atoms with Gasteiger partial charge in [0.15, 0.2) is 31.5 Å². The Morgan fingerprint density at radius 1 is 0.892 bits per heavy atom. The number of benzene rings is 3. The molecule has 3 aromatic carbocycles. The first-order valence-electron chi connectivity index (χ1n) is 22.0. The number of hydrogen-bond acceptors (Lipinski definition) is 13. The number of carbonyl (C=O) groups excluding carboxylic acids is 1. The number of ether oxygens (including phenoxy) is 4. The number of nitrogens with one attached hydrogen (secondary N) is 1. The van der Waals surface area contributed by atoms with Gasteiger partial charge in [0, 0.05) is 19.0 Å². The summed E-state index contributed by atoms with van der Waals surface area (Å²) in [5.74, 6) is 1.39. The lowest BCUT2D eigenvalue weighted by Gasteiger charge is -2.42. The van der Waals surface area contributed by atoms with Gasteiger partial charge in [0.1, 0.15) is 41.7 Å². The summed E-state index contributed by atoms with van der Waals surface area (Å²) in [7, 11) is -1.14. The lowest BCUT2D eigenvalue weighted by molar-refractivity contribution is -0.114. The lowest BCUT2D eigenvalue weighted by atomic mass is 9.80. The van der Waals surface area contributed by atoms with Crippen molar-refractivity contribution in [2.24, 2.45) is 0 Å². The number of carbonyl (C=O) groups is 1. The lowest BCUT2D eigenvalue weighted by Crippen LogP contribution is -2.50. The molecule has 0 aliphatic carbocycles. The highest BCUT2D eigenvalue weighted by atomic mass is 31.2. The van der Waals surface area contributed by atoms with Gasteiger partial charge in [-0.2, -0.15) is 5.26 Å². The monoisotopic (exact) mass is 926 g/mol. The minimum absolute atomic E-state index is 0.00889. The molecule has 0 radical (unpaired) electrons. The summed E-state index contributed by atoms with van der Waals surface area (Å²) in [6.07, 6.45) is 0.0471. The van der Waals surface area contributed by atoms with Crippen LogP contribution in [0, 0.1) is 11.3 Å². The summed E-state index contributed by atoms with van der Waals surface area (Å²) in [6, 6.07) is 28.1. The Kier molecular flexibility index (Phi) is 16.2. The second-order valence-electron chi connectivity index (χ2n) is 18.1. The maximum atomic E-state index is 12.3. The average molecular weight is 927 g/mol. The maximum absolute atomic E-state index is 12.3. The van der Waals surface area contributed by atoms with E-state index in [2.05, 4.69) is 99.7 Å². The van der Waals surface area contributed by atoms with Crippen LogP contribution in [0.5, 0.6) is 11.5 Å². The second kappa shape index (κ2) is 21.2. The van der Waals surface area contributed by atoms with E-state index in [0.29, 0.717) is 22.7 Å². The Balaban J connectivity index is 1.57. The molecule has 1 aliphatic heterocycles. The van der Waals surface area contributed by atoms with E-state index in [1.165, 1.54) is 13.3 Å². The van der Waals surface area contributed by atoms with Crippen molar-refractivity contribution in [2.75, 3.05) is 32.8 Å². The molecule has 5 atom stereocenters. The van der Waals surface area contributed by atoms with Gasteiger partial charge in [-0.1, -0.05) is 75.4 Å². The first-order valence-corrected chi connectivity index (χ1v) is 26.0. The minimum atomic E-state index is -2.62. The third-order valence-corrected chi connectivity index (χ3v) is 18.6. The average Bonchev–Trinajstić information content (AvgIpc) is 3.85. The van der Waals surface area contributed by atoms with E-state index >= 15 is 0 Å². The second-order valence-corrected chi connectivity index (χ2v) is 24.2. The Bertz CT molecular complexity index is 2320. The van der Waals surface area contributed by atoms with Crippen molar-refractivity contribution in [2.45, 2.75) is 122 Å². The van der Waals surface area contributed by atoms with E-state index < -0.39 is 47.0 Å². The molecule has 1 aliphatic rings. The fraction of sp³-hybridized carbons (Fsp3) is 0.479. The highest BCUT2D eigenvalue weighted by Crippen LogP contribution is 2.53. The van der Waals surface area contributed by atoms with Crippen molar-refractivity contribution in [3.05, 3.63) is 108 Å². The van der Waals surface area contributed by atoms with Gasteiger partial charge in [-0.25, -0.2) is 19.6 Å². The molecule has 0 spiro atoms. The highest BCUT2D eigenvalue weighted by molar-refractivity contribution is 7.44. The summed E-state index contributed by atoms with van der Waals surface area (Å²) in [6.45, 7) is 21.0. The Hall–Kier alpha value is -4.82. The van der Waals surface area contributed by atoms with Crippen molar-refractivity contribution < 1.29 is 37.2 Å². The van der Waals surface area contributed by atoms with Crippen molar-refractivity contribution in [1.82, 2.24) is 24.2 Å². The molecule has 15 nitrogen and oxygen atoms in total. The molecule has 5 aromatic rings. The molecule has 6 rings (SSSR count). The van der Waals surface area contributed by atoms with Crippen LogP contribution in [-0.2, 0) is 33.3 Å². The number of amides is 1. The van der Waals surface area contributed by atoms with Crippen LogP contribution in [0.15, 0.2) is 91.5 Å². The van der Waals surface area contributed by atoms with Crippen molar-refractivity contribution in [3.8, 4) is 17.6 Å². The van der Waals surface area contributed by atoms with Crippen molar-refractivity contribution >= 4 is 39.7 Å². The van der Waals surface area contributed by atoms with Gasteiger partial charge < -0.3 is 37.7 Å². The molecule has 17 heteroatoms. The van der Waals surface area contributed by atoms with Gasteiger partial charge in [-0.3, -0.25) is 9.36 Å². The molecule has 348 valence electrons. The summed E-state index contributed by atoms with van der Waals surface area (Å²) in [5.41, 5.74) is 2.24. The van der Waals surface area contributed by atoms with Crippen LogP contribution in [0.3, 0.4) is 0 Å². The van der Waals surface area contributed by atoms with Crippen molar-refractivity contribution in [1.29, 1.82) is 5.26 Å². The van der Waals surface area contributed by atoms with Crippen LogP contribution >= 0.6 is 8.53 Å². The molecular formula is C48H64N7O8PSi. The molecule has 1 fully saturated rings. The molecule has 65 heavy (non-hydrogen) atoms. The fourth-order valence-corrected chi connectivity index (χ4v) is 10.9. The van der Waals surface area contributed by atoms with Crippen LogP contribution in [0.2, 0.25) is 18.1 Å². The zero-order valence-electron chi connectivity index (χ0n) is 39.6. The Morgan fingerprint density at radius 3 is 2.00 bits per heavy atom. The van der Waals surface area contributed by atoms with Gasteiger partial charge in [0.25, 0.3) is 8.53 Å². The van der Waals surface area contributed by atoms with Crippen LogP contribution < -0.4 is 14.8 Å². The number of methoxy groups -OCH3 is 2. The number of aromatic nitrogens is 4. The van der Waals surface area contributed by atoms with E-state index in [9.17, 15) is 10.1 Å². The number of fused-ring (bicyclic) bond motifs is 1. The third kappa shape index (κ3) is 10.9. The van der Waals surface area contributed by atoms with Crippen LogP contribution in [0.25, 0.3) is 11.2 Å². The number of rotatable bonds is 20. The number of imidazole rings is 1. The number of hydrogen-bond donors (Lipinski definition) is 1. The SMILES string of the molecule is COc1ccc(C(OC[C@H]2O[C@@H](n3[13cH]nc4c(NC(C)=O)ncnc43)[C@H](O[Si](C)(C)C(C)(C)C)[C@@H]2OP(OCCC#N)N(C(C)C)C(C)C)(c2ccccc2)c2ccc(OC)cc2)cc1. The zero-order valence-corrected chi connectivity index (χ0v) is 41.5. The first-order chi connectivity index (χ1) is 30.9. The molecule has 1 saturated heterocycles. The summed E-state index contributed by atoms with van der Waals surface area (Å²) < 4.78 is 51.5. The number of nitrogens with zero attached hydrogens (tertiary/aromatic N) is 6. The number of nitriles is 1. The topological polar surface area (TPSA) is 164 Å². The molecule has 0 saturated carbocycles. The van der Waals surface area contributed by atoms with Gasteiger partial charge in [0.05, 0.1) is 46.3 Å². The number of anilines is 1. The van der Waals surface area contributed by atoms with E-state index in [0.717, 1.165) is 16.7 Å². The van der Waals surface area contributed by atoms with E-state index in [1.807, 2.05) is 71.3 Å². The molecular weight excluding hydrogens is 863 g/mol. The minimum Gasteiger partial charge on any atom is -0.497 e. The predicted molar refractivity (Wildman–Crippen MR) is 254 cm³/mol. The fourth-order valence-electron chi connectivity index (χ4n) is 7.81. The smallest absolute Gasteiger partial charge is 0.259 e. The molecule has 1 unspecified atom stereocenters. The van der Waals surface area contributed by atoms with Crippen LogP contribution in [-0.4, -0.2) is 96.2 Å².